The van der Waals surface area contributed by atoms with Gasteiger partial charge in [-0.15, -0.1) is 0 Å². The van der Waals surface area contributed by atoms with Gasteiger partial charge in [0.1, 0.15) is 0 Å². The summed E-state index contributed by atoms with van der Waals surface area (Å²) >= 11 is 0. The highest BCUT2D eigenvalue weighted by Gasteiger charge is 2.41. The number of carbonyl (C=O) groups excluding carboxylic acids is 1. The van der Waals surface area contributed by atoms with Crippen LogP contribution in [0.5, 0.6) is 0 Å². The minimum Gasteiger partial charge on any atom is -0.368 e. The van der Waals surface area contributed by atoms with Gasteiger partial charge in [-0.2, -0.15) is 0 Å². The highest BCUT2D eigenvalue weighted by molar-refractivity contribution is 5.84. The molecule has 2 aliphatic rings. The van der Waals surface area contributed by atoms with Gasteiger partial charge in [-0.05, 0) is 58.7 Å². The van der Waals surface area contributed by atoms with E-state index in [2.05, 4.69) is 23.8 Å². The van der Waals surface area contributed by atoms with Crippen LogP contribution in [0.4, 0.5) is 0 Å². The number of nitrogens with zero attached hydrogens (tertiary/aromatic N) is 2. The lowest BCUT2D eigenvalue weighted by Crippen LogP contribution is -2.59. The lowest BCUT2D eigenvalue weighted by Gasteiger charge is -2.44. The summed E-state index contributed by atoms with van der Waals surface area (Å²) in [6.45, 7) is 5.64. The van der Waals surface area contributed by atoms with Crippen LogP contribution in [0, 0.1) is 0 Å². The van der Waals surface area contributed by atoms with Crippen LogP contribution in [0.15, 0.2) is 0 Å². The first-order valence-electron chi connectivity index (χ1n) is 7.99. The van der Waals surface area contributed by atoms with Crippen molar-refractivity contribution in [1.29, 1.82) is 0 Å². The number of amides is 1. The fourth-order valence-electron chi connectivity index (χ4n) is 3.89. The zero-order valence-electron chi connectivity index (χ0n) is 13.0. The van der Waals surface area contributed by atoms with E-state index >= 15 is 0 Å². The van der Waals surface area contributed by atoms with Crippen molar-refractivity contribution in [3.05, 3.63) is 0 Å². The molecule has 1 amide bonds. The number of carbonyl (C=O) groups is 1. The van der Waals surface area contributed by atoms with Crippen LogP contribution in [-0.4, -0.2) is 60.0 Å². The third kappa shape index (κ3) is 3.32. The summed E-state index contributed by atoms with van der Waals surface area (Å²) in [5, 5.41) is 0. The fraction of sp³-hybridized carbons (Fsp3) is 0.933. The molecule has 4 N–H and O–H groups in total. The Balaban J connectivity index is 2.10. The Morgan fingerprint density at radius 3 is 2.75 bits per heavy atom. The van der Waals surface area contributed by atoms with Gasteiger partial charge in [0.25, 0.3) is 0 Å². The lowest BCUT2D eigenvalue weighted by molar-refractivity contribution is -0.125. The average Bonchev–Trinajstić information content (AvgIpc) is 2.60. The van der Waals surface area contributed by atoms with E-state index in [1.807, 2.05) is 0 Å². The van der Waals surface area contributed by atoms with Crippen LogP contribution in [0.1, 0.15) is 45.4 Å². The van der Waals surface area contributed by atoms with Crippen molar-refractivity contribution in [2.45, 2.75) is 63.1 Å². The molecule has 0 aromatic rings. The Bertz CT molecular complexity index is 349. The predicted octanol–water partition coefficient (Wildman–Crippen LogP) is 0.528. The molecule has 2 fully saturated rings. The Morgan fingerprint density at radius 2 is 2.10 bits per heavy atom. The van der Waals surface area contributed by atoms with Crippen LogP contribution < -0.4 is 11.5 Å². The standard InChI is InChI=1S/C15H30N4O/c1-3-12-11-18(2)8-5-9-19(12)13-6-4-7-15(17,10-13)14(16)20/h12-13H,3-11,17H2,1-2H3,(H2,16,20). The molecule has 2 rings (SSSR count). The molecule has 116 valence electrons. The van der Waals surface area contributed by atoms with Crippen molar-refractivity contribution in [2.24, 2.45) is 11.5 Å². The minimum atomic E-state index is -0.792. The number of hydrogen-bond donors (Lipinski definition) is 2. The van der Waals surface area contributed by atoms with Gasteiger partial charge in [0.2, 0.25) is 5.91 Å². The van der Waals surface area contributed by atoms with Gasteiger partial charge >= 0.3 is 0 Å². The van der Waals surface area contributed by atoms with Crippen molar-refractivity contribution < 1.29 is 4.79 Å². The van der Waals surface area contributed by atoms with Crippen molar-refractivity contribution in [1.82, 2.24) is 9.80 Å². The maximum Gasteiger partial charge on any atom is 0.237 e. The molecule has 3 atom stereocenters. The molecule has 0 radical (unpaired) electrons. The number of rotatable bonds is 3. The molecule has 5 nitrogen and oxygen atoms in total. The monoisotopic (exact) mass is 282 g/mol. The van der Waals surface area contributed by atoms with Gasteiger partial charge in [-0.25, -0.2) is 0 Å². The second kappa shape index (κ2) is 6.41. The van der Waals surface area contributed by atoms with Crippen molar-refractivity contribution in [3.63, 3.8) is 0 Å². The lowest BCUT2D eigenvalue weighted by atomic mass is 9.78. The van der Waals surface area contributed by atoms with Gasteiger partial charge in [0.05, 0.1) is 5.54 Å². The molecule has 0 bridgehead atoms. The van der Waals surface area contributed by atoms with Crippen LogP contribution in [0.2, 0.25) is 0 Å². The Hall–Kier alpha value is -0.650. The third-order valence-corrected chi connectivity index (χ3v) is 5.14. The molecule has 0 aromatic carbocycles. The highest BCUT2D eigenvalue weighted by Crippen LogP contribution is 2.31. The van der Waals surface area contributed by atoms with Crippen LogP contribution >= 0.6 is 0 Å². The predicted molar refractivity (Wildman–Crippen MR) is 81.3 cm³/mol. The van der Waals surface area contributed by atoms with Crippen molar-refractivity contribution in [2.75, 3.05) is 26.7 Å². The number of hydrogen-bond acceptors (Lipinski definition) is 4. The summed E-state index contributed by atoms with van der Waals surface area (Å²) in [7, 11) is 2.20. The largest absolute Gasteiger partial charge is 0.368 e. The van der Waals surface area contributed by atoms with Gasteiger partial charge in [0.15, 0.2) is 0 Å². The first kappa shape index (κ1) is 15.7. The molecule has 20 heavy (non-hydrogen) atoms. The molecular weight excluding hydrogens is 252 g/mol. The summed E-state index contributed by atoms with van der Waals surface area (Å²) in [6.07, 6.45) is 5.96. The number of nitrogens with two attached hydrogens (primary N) is 2. The molecule has 1 saturated carbocycles. The fourth-order valence-corrected chi connectivity index (χ4v) is 3.89. The van der Waals surface area contributed by atoms with Gasteiger partial charge in [0, 0.05) is 18.6 Å². The number of likely N-dealkylation sites (N-methyl/N-ethyl adjacent to an activating group) is 1. The smallest absolute Gasteiger partial charge is 0.237 e. The molecule has 3 unspecified atom stereocenters. The third-order valence-electron chi connectivity index (χ3n) is 5.14. The topological polar surface area (TPSA) is 75.6 Å². The van der Waals surface area contributed by atoms with E-state index in [1.165, 1.54) is 6.42 Å². The summed E-state index contributed by atoms with van der Waals surface area (Å²) in [4.78, 5) is 16.7. The summed E-state index contributed by atoms with van der Waals surface area (Å²) in [6, 6.07) is 0.987. The Kier molecular flexibility index (Phi) is 5.04. The average molecular weight is 282 g/mol. The van der Waals surface area contributed by atoms with E-state index < -0.39 is 5.54 Å². The maximum absolute atomic E-state index is 11.6. The normalized spacial score (nSPS) is 37.5. The molecule has 1 saturated heterocycles. The molecule has 1 aliphatic heterocycles. The van der Waals surface area contributed by atoms with E-state index in [4.69, 9.17) is 11.5 Å². The van der Waals surface area contributed by atoms with Crippen molar-refractivity contribution >= 4 is 5.91 Å². The summed E-state index contributed by atoms with van der Waals surface area (Å²) < 4.78 is 0. The van der Waals surface area contributed by atoms with Crippen molar-refractivity contribution in [3.8, 4) is 0 Å². The molecule has 5 heteroatoms. The SMILES string of the molecule is CCC1CN(C)CCCN1C1CCCC(N)(C(N)=O)C1. The minimum absolute atomic E-state index is 0.331. The number of primary amides is 1. The molecule has 0 spiro atoms. The molecular formula is C15H30N4O. The zero-order chi connectivity index (χ0) is 14.8. The maximum atomic E-state index is 11.6. The quantitative estimate of drug-likeness (QED) is 0.791. The Labute approximate surface area is 122 Å². The highest BCUT2D eigenvalue weighted by atomic mass is 16.1. The second-order valence-electron chi connectivity index (χ2n) is 6.69. The molecule has 1 aliphatic carbocycles. The van der Waals surface area contributed by atoms with Crippen LogP contribution in [0.25, 0.3) is 0 Å². The Morgan fingerprint density at radius 1 is 1.35 bits per heavy atom. The van der Waals surface area contributed by atoms with Crippen LogP contribution in [-0.2, 0) is 4.79 Å². The van der Waals surface area contributed by atoms with E-state index in [9.17, 15) is 4.79 Å². The van der Waals surface area contributed by atoms with E-state index in [0.29, 0.717) is 12.1 Å². The van der Waals surface area contributed by atoms with Gasteiger partial charge in [-0.1, -0.05) is 6.92 Å². The van der Waals surface area contributed by atoms with E-state index in [0.717, 1.165) is 51.7 Å². The van der Waals surface area contributed by atoms with E-state index in [-0.39, 0.29) is 5.91 Å². The first-order chi connectivity index (χ1) is 9.46. The molecule has 0 aromatic heterocycles. The van der Waals surface area contributed by atoms with Gasteiger partial charge in [-0.3, -0.25) is 9.69 Å². The van der Waals surface area contributed by atoms with Gasteiger partial charge < -0.3 is 16.4 Å². The second-order valence-corrected chi connectivity index (χ2v) is 6.69. The summed E-state index contributed by atoms with van der Waals surface area (Å²) in [5.74, 6) is -0.331. The molecule has 1 heterocycles. The first-order valence-corrected chi connectivity index (χ1v) is 7.99. The van der Waals surface area contributed by atoms with E-state index in [1.54, 1.807) is 0 Å². The van der Waals surface area contributed by atoms with Crippen LogP contribution in [0.3, 0.4) is 0 Å². The summed E-state index contributed by atoms with van der Waals surface area (Å²) in [5.41, 5.74) is 11.0. The zero-order valence-corrected chi connectivity index (χ0v) is 13.0.